The smallest absolute Gasteiger partial charge is 0.300 e. The second-order valence-corrected chi connectivity index (χ2v) is 4.21. The van der Waals surface area contributed by atoms with Crippen LogP contribution >= 0.6 is 0 Å². The number of carboxylic acids is 1. The van der Waals surface area contributed by atoms with Crippen LogP contribution in [-0.2, 0) is 9.59 Å². The number of hydrogen-bond acceptors (Lipinski definition) is 11. The Kier molecular flexibility index (Phi) is 28.7. The van der Waals surface area contributed by atoms with Gasteiger partial charge in [0.2, 0.25) is 0 Å². The lowest BCUT2D eigenvalue weighted by Gasteiger charge is -2.22. The van der Waals surface area contributed by atoms with Gasteiger partial charge >= 0.3 is 0 Å². The number of hydrogen-bond donors (Lipinski definition) is 10. The van der Waals surface area contributed by atoms with Crippen LogP contribution in [0.4, 0.5) is 0 Å². The zero-order valence-electron chi connectivity index (χ0n) is 14.1. The highest BCUT2D eigenvalue weighted by Crippen LogP contribution is 2.02. The quantitative estimate of drug-likeness (QED) is 0.187. The number of rotatable bonds is 7. The van der Waals surface area contributed by atoms with Crippen molar-refractivity contribution in [2.45, 2.75) is 44.4 Å². The van der Waals surface area contributed by atoms with E-state index in [1.165, 1.54) is 0 Å². The molecule has 0 aliphatic heterocycles. The largest absolute Gasteiger partial charge is 0.481 e. The third-order valence-electron chi connectivity index (χ3n) is 1.84. The van der Waals surface area contributed by atoms with Gasteiger partial charge in [-0.25, -0.2) is 0 Å². The van der Waals surface area contributed by atoms with Crippen LogP contribution in [0.3, 0.4) is 0 Å². The molecule has 0 aromatic carbocycles. The summed E-state index contributed by atoms with van der Waals surface area (Å²) in [5.41, 5.74) is 0. The Morgan fingerprint density at radius 2 is 1.20 bits per heavy atom. The van der Waals surface area contributed by atoms with Crippen LogP contribution in [0, 0.1) is 0 Å². The van der Waals surface area contributed by atoms with Crippen molar-refractivity contribution >= 4 is 12.3 Å². The van der Waals surface area contributed by atoms with E-state index >= 15 is 0 Å². The topological polar surface area (TPSA) is 236 Å². The van der Waals surface area contributed by atoms with E-state index in [9.17, 15) is 4.79 Å². The average Bonchev–Trinajstić information content (AvgIpc) is 2.58. The molecule has 0 unspecified atom stereocenters. The Bertz CT molecular complexity index is 280. The Labute approximate surface area is 144 Å². The first-order valence-corrected chi connectivity index (χ1v) is 6.98. The van der Waals surface area contributed by atoms with Gasteiger partial charge in [0.25, 0.3) is 5.97 Å². The van der Waals surface area contributed by atoms with Crippen molar-refractivity contribution in [1.29, 1.82) is 0 Å². The highest BCUT2D eigenvalue weighted by Gasteiger charge is 2.29. The van der Waals surface area contributed by atoms with Crippen molar-refractivity contribution in [3.8, 4) is 0 Å². The van der Waals surface area contributed by atoms with E-state index in [0.717, 1.165) is 6.92 Å². The average molecular weight is 378 g/mol. The van der Waals surface area contributed by atoms with Gasteiger partial charge in [-0.2, -0.15) is 0 Å². The van der Waals surface area contributed by atoms with Crippen molar-refractivity contribution in [1.82, 2.24) is 0 Å². The minimum atomic E-state index is -1.79. The molecule has 0 aromatic heterocycles. The molecule has 0 aromatic rings. The Balaban J connectivity index is -0.000000141. The molecule has 0 rings (SSSR count). The number of carbonyl (C=O) groups is 2. The number of carboxylic acid groups (broad SMARTS) is 1. The van der Waals surface area contributed by atoms with Gasteiger partial charge in [-0.15, -0.1) is 0 Å². The summed E-state index contributed by atoms with van der Waals surface area (Å²) in [4.78, 5) is 18.9. The minimum Gasteiger partial charge on any atom is -0.481 e. The maximum atomic E-state index is 9.90. The molecule has 0 aliphatic carbocycles. The predicted octanol–water partition coefficient (Wildman–Crippen LogP) is -4.96. The maximum Gasteiger partial charge on any atom is 0.300 e. The van der Waals surface area contributed by atoms with Crippen LogP contribution in [0.5, 0.6) is 0 Å². The van der Waals surface area contributed by atoms with E-state index < -0.39 is 43.1 Å². The number of aliphatic carboxylic acids is 1. The summed E-state index contributed by atoms with van der Waals surface area (Å²) in [5.74, 6) is -0.833. The molecule has 4 atom stereocenters. The zero-order chi connectivity index (χ0) is 21.0. The molecule has 0 heterocycles. The first-order valence-electron chi connectivity index (χ1n) is 6.98. The first-order chi connectivity index (χ1) is 11.5. The summed E-state index contributed by atoms with van der Waals surface area (Å²) in [6.45, 7) is 1.52. The zero-order valence-corrected chi connectivity index (χ0v) is 14.1. The summed E-state index contributed by atoms with van der Waals surface area (Å²) < 4.78 is 0. The van der Waals surface area contributed by atoms with Gasteiger partial charge < -0.3 is 55.9 Å². The molecular formula is C13H30O12. The third-order valence-corrected chi connectivity index (χ3v) is 1.84. The Hall–Kier alpha value is -1.22. The van der Waals surface area contributed by atoms with E-state index in [0.29, 0.717) is 0 Å². The highest BCUT2D eigenvalue weighted by molar-refractivity contribution is 5.62. The van der Waals surface area contributed by atoms with Gasteiger partial charge in [-0.05, 0) is 6.92 Å². The standard InChI is InChI=1S/C6H12O6.C3H8O3.C2H4O2.C2H6O/c7-1-3(9)5(11)6(12)4(10)2-8;4-1-3(6)2-5;1-2(3)4;1-2-3/h1,3-6,8-12H,2H2;3-6H,1-2H2;1H3,(H,3,4);3H,2H2,1H3/t3-,4+,5+,6+;;;/m0.../s1. The lowest BCUT2D eigenvalue weighted by Crippen LogP contribution is -2.46. The third kappa shape index (κ3) is 27.9. The fraction of sp³-hybridized carbons (Fsp3) is 0.846. The van der Waals surface area contributed by atoms with Crippen molar-refractivity contribution in [3.63, 3.8) is 0 Å². The van der Waals surface area contributed by atoms with E-state index in [-0.39, 0.29) is 26.1 Å². The van der Waals surface area contributed by atoms with Crippen molar-refractivity contribution in [2.24, 2.45) is 0 Å². The van der Waals surface area contributed by atoms with Crippen LogP contribution in [0.25, 0.3) is 0 Å². The Morgan fingerprint density at radius 3 is 1.36 bits per heavy atom. The molecule has 0 radical (unpaired) electrons. The molecule has 10 N–H and O–H groups in total. The van der Waals surface area contributed by atoms with E-state index in [1.54, 1.807) is 6.92 Å². The second kappa shape index (κ2) is 22.8. The molecule has 25 heavy (non-hydrogen) atoms. The van der Waals surface area contributed by atoms with Gasteiger partial charge in [0.15, 0.2) is 6.29 Å². The number of carbonyl (C=O) groups excluding carboxylic acids is 1. The molecule has 0 fully saturated rings. The van der Waals surface area contributed by atoms with Crippen LogP contribution < -0.4 is 0 Å². The summed E-state index contributed by atoms with van der Waals surface area (Å²) in [6.07, 6.45) is -7.79. The van der Waals surface area contributed by atoms with Crippen molar-refractivity contribution in [2.75, 3.05) is 26.4 Å². The molecule has 0 saturated carbocycles. The fourth-order valence-electron chi connectivity index (χ4n) is 0.676. The normalized spacial score (nSPS) is 14.2. The Morgan fingerprint density at radius 1 is 0.880 bits per heavy atom. The summed E-state index contributed by atoms with van der Waals surface area (Å²) >= 11 is 0. The SMILES string of the molecule is CC(=O)O.CCO.O=C[C@H](O)[C@@H](O)[C@H](O)[C@H](O)CO.OCC(O)CO. The highest BCUT2D eigenvalue weighted by atomic mass is 16.4. The lowest BCUT2D eigenvalue weighted by atomic mass is 10.0. The lowest BCUT2D eigenvalue weighted by molar-refractivity contribution is -0.136. The summed E-state index contributed by atoms with van der Waals surface area (Å²) in [7, 11) is 0. The minimum absolute atomic E-state index is 0.0258. The molecule has 154 valence electrons. The second-order valence-electron chi connectivity index (χ2n) is 4.21. The monoisotopic (exact) mass is 378 g/mol. The van der Waals surface area contributed by atoms with Crippen molar-refractivity contribution in [3.05, 3.63) is 0 Å². The van der Waals surface area contributed by atoms with Gasteiger partial charge in [-0.3, -0.25) is 4.79 Å². The fourth-order valence-corrected chi connectivity index (χ4v) is 0.676. The first kappa shape index (κ1) is 31.5. The predicted molar refractivity (Wildman–Crippen MR) is 83.4 cm³/mol. The molecular weight excluding hydrogens is 348 g/mol. The molecule has 0 saturated heterocycles. The van der Waals surface area contributed by atoms with Crippen LogP contribution in [0.15, 0.2) is 0 Å². The van der Waals surface area contributed by atoms with Crippen LogP contribution in [0.2, 0.25) is 0 Å². The van der Waals surface area contributed by atoms with Crippen LogP contribution in [0.1, 0.15) is 13.8 Å². The van der Waals surface area contributed by atoms with Gasteiger partial charge in [0.05, 0.1) is 19.8 Å². The van der Waals surface area contributed by atoms with Crippen molar-refractivity contribution < 1.29 is 60.7 Å². The number of aldehydes is 1. The maximum absolute atomic E-state index is 9.90. The number of aliphatic hydroxyl groups is 9. The van der Waals surface area contributed by atoms with E-state index in [1.807, 2.05) is 0 Å². The molecule has 12 nitrogen and oxygen atoms in total. The molecule has 0 aliphatic rings. The van der Waals surface area contributed by atoms with E-state index in [4.69, 9.17) is 55.9 Å². The number of aliphatic hydroxyl groups excluding tert-OH is 9. The molecule has 0 amide bonds. The van der Waals surface area contributed by atoms with Gasteiger partial charge in [-0.1, -0.05) is 0 Å². The summed E-state index contributed by atoms with van der Waals surface area (Å²) in [6, 6.07) is 0. The summed E-state index contributed by atoms with van der Waals surface area (Å²) in [5, 5.41) is 82.5. The van der Waals surface area contributed by atoms with Gasteiger partial charge in [0.1, 0.15) is 30.5 Å². The molecule has 0 spiro atoms. The van der Waals surface area contributed by atoms with Gasteiger partial charge in [0, 0.05) is 13.5 Å². The van der Waals surface area contributed by atoms with E-state index in [2.05, 4.69) is 0 Å². The molecule has 12 heteroatoms. The molecule has 0 bridgehead atoms. The van der Waals surface area contributed by atoms with Crippen LogP contribution in [-0.4, -0.2) is 120 Å².